The van der Waals surface area contributed by atoms with Crippen LogP contribution < -0.4 is 14.8 Å². The molecular weight excluding hydrogens is 418 g/mol. The third kappa shape index (κ3) is 4.24. The van der Waals surface area contributed by atoms with Crippen LogP contribution in [0.4, 0.5) is 5.69 Å². The third-order valence-electron chi connectivity index (χ3n) is 4.44. The molecule has 0 aliphatic rings. The topological polar surface area (TPSA) is 73.3 Å². The summed E-state index contributed by atoms with van der Waals surface area (Å²) in [4.78, 5) is 22.3. The van der Waals surface area contributed by atoms with Crippen molar-refractivity contribution in [3.63, 3.8) is 0 Å². The van der Waals surface area contributed by atoms with Crippen molar-refractivity contribution in [2.45, 2.75) is 5.03 Å². The van der Waals surface area contributed by atoms with Crippen molar-refractivity contribution in [1.29, 1.82) is 0 Å². The van der Waals surface area contributed by atoms with E-state index < -0.39 is 0 Å². The van der Waals surface area contributed by atoms with Gasteiger partial charge in [0.15, 0.2) is 0 Å². The molecule has 4 rings (SSSR count). The Hall–Kier alpha value is -3.10. The second-order valence-corrected chi connectivity index (χ2v) is 8.10. The largest absolute Gasteiger partial charge is 0.497 e. The Balaban J connectivity index is 1.53. The summed E-state index contributed by atoms with van der Waals surface area (Å²) < 4.78 is 10.5. The van der Waals surface area contributed by atoms with E-state index in [9.17, 15) is 4.79 Å². The van der Waals surface area contributed by atoms with E-state index >= 15 is 0 Å². The zero-order chi connectivity index (χ0) is 20.9. The maximum absolute atomic E-state index is 12.6. The summed E-state index contributed by atoms with van der Waals surface area (Å²) in [6.45, 7) is 0. The highest BCUT2D eigenvalue weighted by Gasteiger charge is 2.15. The fourth-order valence-electron chi connectivity index (χ4n) is 3.01. The predicted molar refractivity (Wildman–Crippen MR) is 122 cm³/mol. The lowest BCUT2D eigenvalue weighted by atomic mass is 10.1. The number of aromatic nitrogens is 2. The summed E-state index contributed by atoms with van der Waals surface area (Å²) in [5, 5.41) is 6.74. The van der Waals surface area contributed by atoms with E-state index in [2.05, 4.69) is 32.8 Å². The zero-order valence-corrected chi connectivity index (χ0v) is 18.0. The Labute approximate surface area is 182 Å². The summed E-state index contributed by atoms with van der Waals surface area (Å²) in [6, 6.07) is 15.4. The summed E-state index contributed by atoms with van der Waals surface area (Å²) in [7, 11) is 3.14. The van der Waals surface area contributed by atoms with E-state index in [-0.39, 0.29) is 11.7 Å². The number of ether oxygens (including phenoxy) is 2. The van der Waals surface area contributed by atoms with Crippen LogP contribution in [0.2, 0.25) is 0 Å². The Morgan fingerprint density at radius 2 is 1.93 bits per heavy atom. The first kappa shape index (κ1) is 20.2. The predicted octanol–water partition coefficient (Wildman–Crippen LogP) is 5.11. The minimum atomic E-state index is -0.147. The fraction of sp³-hybridized carbons (Fsp3) is 0.136. The van der Waals surface area contributed by atoms with Crippen LogP contribution in [0.1, 0.15) is 0 Å². The van der Waals surface area contributed by atoms with Gasteiger partial charge in [-0.2, -0.15) is 0 Å². The van der Waals surface area contributed by atoms with Gasteiger partial charge >= 0.3 is 0 Å². The van der Waals surface area contributed by atoms with Gasteiger partial charge < -0.3 is 14.8 Å². The first-order chi connectivity index (χ1) is 14.7. The molecule has 0 aliphatic heterocycles. The summed E-state index contributed by atoms with van der Waals surface area (Å²) >= 11 is 2.96. The maximum atomic E-state index is 12.6. The van der Waals surface area contributed by atoms with E-state index in [4.69, 9.17) is 9.47 Å². The van der Waals surface area contributed by atoms with Crippen molar-refractivity contribution in [2.75, 3.05) is 25.3 Å². The molecule has 0 spiro atoms. The molecule has 0 unspecified atom stereocenters. The van der Waals surface area contributed by atoms with Gasteiger partial charge in [-0.15, -0.1) is 11.3 Å². The number of hydrogen-bond donors (Lipinski definition) is 1. The van der Waals surface area contributed by atoms with Crippen molar-refractivity contribution >= 4 is 44.9 Å². The van der Waals surface area contributed by atoms with Gasteiger partial charge in [-0.05, 0) is 17.7 Å². The van der Waals surface area contributed by atoms with Crippen molar-refractivity contribution in [1.82, 2.24) is 9.97 Å². The molecule has 2 heterocycles. The summed E-state index contributed by atoms with van der Waals surface area (Å²) in [5.74, 6) is 1.27. The zero-order valence-electron chi connectivity index (χ0n) is 16.4. The van der Waals surface area contributed by atoms with Crippen molar-refractivity contribution in [3.05, 3.63) is 60.2 Å². The van der Waals surface area contributed by atoms with E-state index in [0.29, 0.717) is 17.2 Å². The molecule has 0 radical (unpaired) electrons. The monoisotopic (exact) mass is 437 g/mol. The van der Waals surface area contributed by atoms with Gasteiger partial charge in [0.25, 0.3) is 0 Å². The average molecular weight is 438 g/mol. The number of thioether (sulfide) groups is 1. The molecule has 0 bridgehead atoms. The second kappa shape index (κ2) is 9.15. The number of benzene rings is 2. The van der Waals surface area contributed by atoms with Crippen LogP contribution in [-0.2, 0) is 4.79 Å². The Morgan fingerprint density at radius 1 is 1.10 bits per heavy atom. The average Bonchev–Trinajstić information content (AvgIpc) is 3.23. The number of nitrogens with zero attached hydrogens (tertiary/aromatic N) is 2. The number of methoxy groups -OCH3 is 2. The number of amides is 1. The van der Waals surface area contributed by atoms with Crippen molar-refractivity contribution < 1.29 is 14.3 Å². The number of hydrogen-bond acceptors (Lipinski definition) is 7. The van der Waals surface area contributed by atoms with Gasteiger partial charge in [-0.3, -0.25) is 4.79 Å². The molecule has 1 N–H and O–H groups in total. The minimum absolute atomic E-state index is 0.147. The number of anilines is 1. The lowest BCUT2D eigenvalue weighted by Gasteiger charge is -2.11. The van der Waals surface area contributed by atoms with Crippen molar-refractivity contribution in [3.8, 4) is 22.6 Å². The number of thiophene rings is 1. The number of carbonyl (C=O) groups excluding carboxylic acids is 1. The number of fused-ring (bicyclic) bond motifs is 1. The van der Waals surface area contributed by atoms with Crippen LogP contribution in [0.3, 0.4) is 0 Å². The Bertz CT molecular complexity index is 1180. The van der Waals surface area contributed by atoms with Crippen LogP contribution in [-0.4, -0.2) is 35.8 Å². The van der Waals surface area contributed by atoms with Gasteiger partial charge in [-0.1, -0.05) is 42.1 Å². The molecule has 6 nitrogen and oxygen atoms in total. The quantitative estimate of drug-likeness (QED) is 0.320. The number of carbonyl (C=O) groups is 1. The highest BCUT2D eigenvalue weighted by molar-refractivity contribution is 8.00. The number of rotatable bonds is 7. The van der Waals surface area contributed by atoms with E-state index in [1.807, 2.05) is 18.2 Å². The molecule has 0 saturated heterocycles. The smallest absolute Gasteiger partial charge is 0.234 e. The molecule has 1 amide bonds. The van der Waals surface area contributed by atoms with Gasteiger partial charge in [0.1, 0.15) is 27.7 Å². The fourth-order valence-corrected chi connectivity index (χ4v) is 4.80. The molecule has 0 fully saturated rings. The molecular formula is C22H19N3O3S2. The molecule has 0 aliphatic carbocycles. The first-order valence-electron chi connectivity index (χ1n) is 9.12. The second-order valence-electron chi connectivity index (χ2n) is 6.28. The molecule has 152 valence electrons. The van der Waals surface area contributed by atoms with Gasteiger partial charge in [-0.25, -0.2) is 9.97 Å². The standard InChI is InChI=1S/C22H19N3O3S2/c1-27-15-8-9-17(18(10-15)28-2)25-19(26)12-30-22-20-16(14-6-4-3-5-7-14)11-29-21(20)23-13-24-22/h3-11,13H,12H2,1-2H3,(H,25,26). The van der Waals surface area contributed by atoms with Crippen LogP contribution in [0.25, 0.3) is 21.3 Å². The number of nitrogens with one attached hydrogen (secondary N) is 1. The van der Waals surface area contributed by atoms with E-state index in [0.717, 1.165) is 26.4 Å². The van der Waals surface area contributed by atoms with E-state index in [1.165, 1.54) is 11.8 Å². The van der Waals surface area contributed by atoms with Gasteiger partial charge in [0.05, 0.1) is 31.0 Å². The lowest BCUT2D eigenvalue weighted by Crippen LogP contribution is -2.14. The molecule has 0 saturated carbocycles. The molecule has 2 aromatic heterocycles. The van der Waals surface area contributed by atoms with Crippen molar-refractivity contribution in [2.24, 2.45) is 0 Å². The lowest BCUT2D eigenvalue weighted by molar-refractivity contribution is -0.113. The van der Waals surface area contributed by atoms with E-state index in [1.54, 1.807) is 50.1 Å². The van der Waals surface area contributed by atoms with Gasteiger partial charge in [0, 0.05) is 17.0 Å². The third-order valence-corrected chi connectivity index (χ3v) is 6.32. The Kier molecular flexibility index (Phi) is 6.15. The van der Waals surface area contributed by atoms with Crippen LogP contribution >= 0.6 is 23.1 Å². The molecule has 2 aromatic carbocycles. The van der Waals surface area contributed by atoms with Crippen LogP contribution in [0.15, 0.2) is 65.3 Å². The maximum Gasteiger partial charge on any atom is 0.234 e. The molecule has 30 heavy (non-hydrogen) atoms. The highest BCUT2D eigenvalue weighted by atomic mass is 32.2. The first-order valence-corrected chi connectivity index (χ1v) is 11.0. The SMILES string of the molecule is COc1ccc(NC(=O)CSc2ncnc3scc(-c4ccccc4)c23)c(OC)c1. The molecule has 8 heteroatoms. The Morgan fingerprint density at radius 3 is 2.70 bits per heavy atom. The summed E-state index contributed by atoms with van der Waals surface area (Å²) in [5.41, 5.74) is 2.78. The van der Waals surface area contributed by atoms with Crippen LogP contribution in [0, 0.1) is 0 Å². The summed E-state index contributed by atoms with van der Waals surface area (Å²) in [6.07, 6.45) is 1.54. The van der Waals surface area contributed by atoms with Gasteiger partial charge in [0.2, 0.25) is 5.91 Å². The molecule has 4 aromatic rings. The minimum Gasteiger partial charge on any atom is -0.497 e. The molecule has 0 atom stereocenters. The van der Waals surface area contributed by atoms with Crippen LogP contribution in [0.5, 0.6) is 11.5 Å². The highest BCUT2D eigenvalue weighted by Crippen LogP contribution is 2.38. The normalized spacial score (nSPS) is 10.7.